The van der Waals surface area contributed by atoms with Gasteiger partial charge in [0.05, 0.1) is 51.3 Å². The van der Waals surface area contributed by atoms with E-state index in [4.69, 9.17) is 61.6 Å². The number of phenols is 1. The lowest BCUT2D eigenvalue weighted by molar-refractivity contribution is -0.389. The molecule has 108 heavy (non-hydrogen) atoms. The van der Waals surface area contributed by atoms with Crippen molar-refractivity contribution in [2.45, 2.75) is 304 Å². The molecule has 6 aliphatic heterocycles. The summed E-state index contributed by atoms with van der Waals surface area (Å²) in [4.78, 5) is 28.7. The number of esters is 2. The molecule has 5 aliphatic carbocycles. The molecule has 612 valence electrons. The van der Waals surface area contributed by atoms with Crippen molar-refractivity contribution in [3.8, 4) is 5.75 Å². The van der Waals surface area contributed by atoms with Crippen molar-refractivity contribution in [1.82, 2.24) is 0 Å². The molecule has 34 heteroatoms. The molecule has 4 saturated carbocycles. The Hall–Kier alpha value is -3.72. The highest BCUT2D eigenvalue weighted by atomic mass is 16.8. The normalized spacial score (nSPS) is 50.1. The average Bonchev–Trinajstić information content (AvgIpc) is 0.670. The van der Waals surface area contributed by atoms with Crippen LogP contribution in [0.3, 0.4) is 0 Å². The van der Waals surface area contributed by atoms with Crippen molar-refractivity contribution in [2.75, 3.05) is 33.0 Å². The van der Waals surface area contributed by atoms with Gasteiger partial charge in [0.25, 0.3) is 0 Å². The van der Waals surface area contributed by atoms with E-state index in [0.717, 1.165) is 11.6 Å². The van der Waals surface area contributed by atoms with Crippen LogP contribution < -0.4 is 0 Å². The van der Waals surface area contributed by atoms with Gasteiger partial charge in [-0.25, -0.2) is 4.79 Å². The van der Waals surface area contributed by atoms with Crippen LogP contribution in [0.1, 0.15) is 119 Å². The number of carbonyl (C=O) groups excluding carboxylic acids is 2. The van der Waals surface area contributed by atoms with E-state index in [1.54, 1.807) is 0 Å². The lowest BCUT2D eigenvalue weighted by atomic mass is 9.33. The summed E-state index contributed by atoms with van der Waals surface area (Å²) in [6.45, 7) is 12.7. The van der Waals surface area contributed by atoms with Gasteiger partial charge in [-0.05, 0) is 133 Å². The number of phenolic OH excluding ortho intramolecular Hbond substituents is 1. The zero-order valence-electron chi connectivity index (χ0n) is 61.7. The molecule has 10 fully saturated rings. The maximum absolute atomic E-state index is 15.5. The fourth-order valence-electron chi connectivity index (χ4n) is 20.2. The Morgan fingerprint density at radius 3 is 1.74 bits per heavy atom. The summed E-state index contributed by atoms with van der Waals surface area (Å²) < 4.78 is 78.3. The molecule has 6 saturated heterocycles. The van der Waals surface area contributed by atoms with E-state index in [0.29, 0.717) is 50.5 Å². The third-order valence-corrected chi connectivity index (χ3v) is 26.8. The summed E-state index contributed by atoms with van der Waals surface area (Å²) in [5, 5.41) is 210. The van der Waals surface area contributed by atoms with Gasteiger partial charge in [-0.3, -0.25) is 4.79 Å². The van der Waals surface area contributed by atoms with Gasteiger partial charge in [0.15, 0.2) is 37.6 Å². The highest BCUT2D eigenvalue weighted by Gasteiger charge is 2.73. The Morgan fingerprint density at radius 2 is 1.08 bits per heavy atom. The summed E-state index contributed by atoms with van der Waals surface area (Å²) in [7, 11) is 0. The SMILES string of the molecule is C[C@@H]1O[C@@H](O[C@H]2[C@H](O)[C@@H](O)[C@H](OC[C@H]3O[C@@H](OC(=O)[C@]45CCC(C)(C)C[C@H]4C4=CC[C@@H]6[C@@]7(C)CC[C@H](O[C@@H]8OC[C@H](O)[C@H](O[C@@H]9O[C@H](CO)[C@@H](O)[C@H](OC(=O)C=Cc%10ccc(O)cc%10)[C@H]9O)[C@H]8O[C@@H]8O[C@H](CO)[C@@H](O)[C@H](O)[C@H]8O)C(C)(C)[C@@H]7CC[C@@]6(C)[C@]4(C)C[C@H]5O)[C@H](O)[C@@H](O)[C@@H]3O)O[C@@H]2CO)[C@H](O)[C@H](O)[C@H]1O. The van der Waals surface area contributed by atoms with Crippen LogP contribution in [0.15, 0.2) is 42.0 Å². The molecule has 0 spiro atoms. The van der Waals surface area contributed by atoms with Crippen LogP contribution in [0.5, 0.6) is 5.75 Å². The number of aromatic hydroxyl groups is 1. The minimum atomic E-state index is -2.02. The number of rotatable bonds is 19. The van der Waals surface area contributed by atoms with Gasteiger partial charge in [0.2, 0.25) is 6.29 Å². The van der Waals surface area contributed by atoms with Crippen molar-refractivity contribution in [3.63, 3.8) is 0 Å². The molecule has 11 aliphatic rings. The maximum atomic E-state index is 15.5. The molecule has 38 atom stereocenters. The molecule has 1 aromatic carbocycles. The number of aliphatic hydroxyl groups excluding tert-OH is 18. The van der Waals surface area contributed by atoms with Gasteiger partial charge < -0.3 is 159 Å². The Bertz CT molecular complexity index is 3310. The van der Waals surface area contributed by atoms with Crippen molar-refractivity contribution >= 4 is 18.0 Å². The fourth-order valence-corrected chi connectivity index (χ4v) is 20.2. The van der Waals surface area contributed by atoms with Crippen LogP contribution in [-0.2, 0) is 71.2 Å². The third-order valence-electron chi connectivity index (χ3n) is 26.8. The standard InChI is InChI=1S/C74H112O34/c1-30-45(82)49(86)53(90)63(98-30)106-59-38(27-77)101-62(56(93)52(59)89)97-29-39-47(84)51(88)55(92)65(102-39)108-68(95)74-22-21-69(2,3)23-34(74)33-14-15-41-71(6)19-18-43(70(4,5)40(71)17-20-72(41,7)73(33,8)24-42(74)80)103-67-61(107-64-54(91)50(87)46(83)36(25-75)99-64)58(35(79)28-96-67)105-66-57(94)60(48(85)37(26-76)100-66)104-44(81)16-11-31-9-12-32(78)13-10-31/h9-14,16,30,34-43,45-67,75-80,82-94H,15,17-29H2,1-8H3/t30-,34-,35-,36+,37+,38+,39+,40-,41+,42+,43-,45-,46+,47+,48+,49+,50-,51-,52+,53+,54+,55+,56+,57+,58-,59+,60-,61+,62+,63-,64-,65-,66-,67-,71-,72+,73+,74+/m0/s1. The predicted molar refractivity (Wildman–Crippen MR) is 363 cm³/mol. The van der Waals surface area contributed by atoms with E-state index < -0.39 is 268 Å². The van der Waals surface area contributed by atoms with E-state index in [1.165, 1.54) is 37.3 Å². The van der Waals surface area contributed by atoms with Crippen LogP contribution in [0.25, 0.3) is 6.08 Å². The molecule has 1 aromatic rings. The second-order valence-electron chi connectivity index (χ2n) is 33.9. The molecule has 0 unspecified atom stereocenters. The Labute approximate surface area is 624 Å². The van der Waals surface area contributed by atoms with Crippen molar-refractivity contribution < 1.29 is 168 Å². The highest BCUT2D eigenvalue weighted by molar-refractivity contribution is 5.87. The van der Waals surface area contributed by atoms with Crippen LogP contribution in [-0.4, -0.2) is 332 Å². The van der Waals surface area contributed by atoms with Gasteiger partial charge in [-0.1, -0.05) is 72.2 Å². The summed E-state index contributed by atoms with van der Waals surface area (Å²) in [5.74, 6) is -2.69. The van der Waals surface area contributed by atoms with Gasteiger partial charge >= 0.3 is 11.9 Å². The van der Waals surface area contributed by atoms with Crippen LogP contribution in [0, 0.1) is 50.2 Å². The Morgan fingerprint density at radius 1 is 0.519 bits per heavy atom. The first-order valence-corrected chi connectivity index (χ1v) is 37.6. The second kappa shape index (κ2) is 32.2. The smallest absolute Gasteiger partial charge is 0.331 e. The van der Waals surface area contributed by atoms with Gasteiger partial charge in [0, 0.05) is 6.08 Å². The Kier molecular flexibility index (Phi) is 24.9. The molecule has 12 rings (SSSR count). The van der Waals surface area contributed by atoms with Crippen LogP contribution >= 0.6 is 0 Å². The average molecular weight is 1550 g/mol. The summed E-state index contributed by atoms with van der Waals surface area (Å²) in [5.41, 5.74) is -2.88. The molecule has 6 heterocycles. The number of aliphatic hydroxyl groups is 18. The zero-order valence-corrected chi connectivity index (χ0v) is 61.7. The van der Waals surface area contributed by atoms with Gasteiger partial charge in [0.1, 0.15) is 139 Å². The fraction of sp³-hybridized carbons (Fsp3) is 0.838. The van der Waals surface area contributed by atoms with Crippen LogP contribution in [0.4, 0.5) is 0 Å². The molecule has 34 nitrogen and oxygen atoms in total. The van der Waals surface area contributed by atoms with E-state index in [-0.39, 0.29) is 35.8 Å². The second-order valence-corrected chi connectivity index (χ2v) is 33.9. The Balaban J connectivity index is 0.755. The van der Waals surface area contributed by atoms with Crippen molar-refractivity contribution in [1.29, 1.82) is 0 Å². The highest BCUT2D eigenvalue weighted by Crippen LogP contribution is 2.76. The molecule has 0 bridgehead atoms. The number of hydrogen-bond donors (Lipinski definition) is 19. The number of fused-ring (bicyclic) bond motifs is 7. The molecule has 0 amide bonds. The van der Waals surface area contributed by atoms with E-state index >= 15 is 4.79 Å². The van der Waals surface area contributed by atoms with Crippen molar-refractivity contribution in [2.24, 2.45) is 50.2 Å². The molecule has 19 N–H and O–H groups in total. The lowest BCUT2D eigenvalue weighted by Gasteiger charge is -2.71. The predicted octanol–water partition coefficient (Wildman–Crippen LogP) is -3.78. The van der Waals surface area contributed by atoms with E-state index in [1.807, 2.05) is 0 Å². The first-order chi connectivity index (χ1) is 50.8. The minimum absolute atomic E-state index is 0.0206. The largest absolute Gasteiger partial charge is 0.508 e. The first-order valence-electron chi connectivity index (χ1n) is 37.6. The number of benzene rings is 1. The molecular formula is C74H112O34. The third kappa shape index (κ3) is 15.0. The zero-order chi connectivity index (χ0) is 78.6. The van der Waals surface area contributed by atoms with Gasteiger partial charge in [-0.15, -0.1) is 0 Å². The molecule has 0 radical (unpaired) electrons. The topological polar surface area (TPSA) is 539 Å². The summed E-state index contributed by atoms with van der Waals surface area (Å²) in [6, 6.07) is 5.81. The quantitative estimate of drug-likeness (QED) is 0.0274. The molecule has 0 aromatic heterocycles. The first kappa shape index (κ1) is 83.7. The van der Waals surface area contributed by atoms with E-state index in [2.05, 4.69) is 54.5 Å². The maximum Gasteiger partial charge on any atom is 0.331 e. The molecular weight excluding hydrogens is 1430 g/mol. The number of carbonyl (C=O) groups is 2. The number of ether oxygens (including phenoxy) is 13. The summed E-state index contributed by atoms with van der Waals surface area (Å²) in [6.07, 6.45) is -43.9. The number of hydrogen-bond acceptors (Lipinski definition) is 34. The summed E-state index contributed by atoms with van der Waals surface area (Å²) >= 11 is 0. The minimum Gasteiger partial charge on any atom is -0.508 e. The van der Waals surface area contributed by atoms with Gasteiger partial charge in [-0.2, -0.15) is 0 Å². The van der Waals surface area contributed by atoms with Crippen molar-refractivity contribution in [3.05, 3.63) is 47.6 Å². The monoisotopic (exact) mass is 1540 g/mol. The number of allylic oxidation sites excluding steroid dienone is 2. The van der Waals surface area contributed by atoms with E-state index in [9.17, 15) is 102 Å². The van der Waals surface area contributed by atoms with Crippen LogP contribution in [0.2, 0.25) is 0 Å². The lowest BCUT2D eigenvalue weighted by Crippen LogP contribution is -2.68.